The number of hydrogen-bond donors (Lipinski definition) is 1. The van der Waals surface area contributed by atoms with Gasteiger partial charge in [-0.2, -0.15) is 0 Å². The fraction of sp³-hybridized carbons (Fsp3) is 0.571. The van der Waals surface area contributed by atoms with E-state index in [2.05, 4.69) is 0 Å². The second-order valence-corrected chi connectivity index (χ2v) is 7.83. The van der Waals surface area contributed by atoms with E-state index in [1.807, 2.05) is 0 Å². The van der Waals surface area contributed by atoms with Crippen molar-refractivity contribution < 1.29 is 13.5 Å². The third kappa shape index (κ3) is 3.52. The van der Waals surface area contributed by atoms with Crippen molar-refractivity contribution in [3.63, 3.8) is 0 Å². The van der Waals surface area contributed by atoms with Crippen LogP contribution in [0.25, 0.3) is 0 Å². The molecule has 0 bridgehead atoms. The summed E-state index contributed by atoms with van der Waals surface area (Å²) in [5, 5.41) is 10.5. The number of sulfonamides is 1. The van der Waals surface area contributed by atoms with Gasteiger partial charge in [-0.3, -0.25) is 0 Å². The Hall–Kier alpha value is -0.620. The lowest BCUT2D eigenvalue weighted by Gasteiger charge is -2.30. The molecule has 1 aromatic carbocycles. The summed E-state index contributed by atoms with van der Waals surface area (Å²) in [4.78, 5) is 0.231. The van der Waals surface area contributed by atoms with Gasteiger partial charge >= 0.3 is 0 Å². The molecule has 2 unspecified atom stereocenters. The Balaban J connectivity index is 2.10. The molecule has 1 N–H and O–H groups in total. The molecule has 6 heteroatoms. The smallest absolute Gasteiger partial charge is 0.242 e. The molecule has 0 aromatic heterocycles. The maximum Gasteiger partial charge on any atom is 0.242 e. The van der Waals surface area contributed by atoms with E-state index in [-0.39, 0.29) is 10.8 Å². The SMILES string of the molecule is CN(CC1CCCCC1O)S(=O)(=O)c1ccc(Cl)cc1. The Labute approximate surface area is 125 Å². The van der Waals surface area contributed by atoms with Gasteiger partial charge in [0.2, 0.25) is 10.0 Å². The number of halogens is 1. The molecule has 0 spiro atoms. The molecule has 0 heterocycles. The molecule has 2 atom stereocenters. The molecule has 0 saturated heterocycles. The summed E-state index contributed by atoms with van der Waals surface area (Å²) in [7, 11) is -1.95. The van der Waals surface area contributed by atoms with Crippen molar-refractivity contribution >= 4 is 21.6 Å². The molecule has 20 heavy (non-hydrogen) atoms. The second kappa shape index (κ2) is 6.43. The van der Waals surface area contributed by atoms with Crippen molar-refractivity contribution in [1.82, 2.24) is 4.31 Å². The fourth-order valence-corrected chi connectivity index (χ4v) is 3.97. The van der Waals surface area contributed by atoms with E-state index >= 15 is 0 Å². The Bertz CT molecular complexity index is 544. The summed E-state index contributed by atoms with van der Waals surface area (Å²) < 4.78 is 26.2. The van der Waals surface area contributed by atoms with Crippen LogP contribution in [0.1, 0.15) is 25.7 Å². The Morgan fingerprint density at radius 1 is 1.25 bits per heavy atom. The average molecular weight is 318 g/mol. The number of benzene rings is 1. The van der Waals surface area contributed by atoms with Gasteiger partial charge in [-0.15, -0.1) is 0 Å². The molecule has 1 fully saturated rings. The van der Waals surface area contributed by atoms with E-state index in [1.165, 1.54) is 16.4 Å². The minimum atomic E-state index is -3.51. The highest BCUT2D eigenvalue weighted by Gasteiger charge is 2.29. The van der Waals surface area contributed by atoms with Gasteiger partial charge in [0.25, 0.3) is 0 Å². The summed E-state index contributed by atoms with van der Waals surface area (Å²) >= 11 is 5.77. The zero-order chi connectivity index (χ0) is 14.8. The van der Waals surface area contributed by atoms with Crippen molar-refractivity contribution in [1.29, 1.82) is 0 Å². The summed E-state index contributed by atoms with van der Waals surface area (Å²) in [6.07, 6.45) is 3.31. The van der Waals surface area contributed by atoms with Crippen molar-refractivity contribution in [3.05, 3.63) is 29.3 Å². The van der Waals surface area contributed by atoms with Crippen LogP contribution in [0.2, 0.25) is 5.02 Å². The van der Waals surface area contributed by atoms with Crippen molar-refractivity contribution in [2.45, 2.75) is 36.7 Å². The maximum atomic E-state index is 12.4. The predicted molar refractivity (Wildman–Crippen MR) is 79.2 cm³/mol. The van der Waals surface area contributed by atoms with Crippen molar-refractivity contribution in [3.8, 4) is 0 Å². The molecule has 2 rings (SSSR count). The first-order chi connectivity index (χ1) is 9.41. The number of aliphatic hydroxyl groups excluding tert-OH is 1. The van der Waals surface area contributed by atoms with Crippen LogP contribution in [-0.2, 0) is 10.0 Å². The molecule has 1 aliphatic carbocycles. The van der Waals surface area contributed by atoms with E-state index < -0.39 is 16.1 Å². The van der Waals surface area contributed by atoms with Crippen molar-refractivity contribution in [2.75, 3.05) is 13.6 Å². The summed E-state index contributed by atoms with van der Waals surface area (Å²) in [6.45, 7) is 0.353. The van der Waals surface area contributed by atoms with E-state index in [1.54, 1.807) is 19.2 Å². The van der Waals surface area contributed by atoms with Gasteiger partial charge in [-0.1, -0.05) is 24.4 Å². The first kappa shape index (κ1) is 15.8. The van der Waals surface area contributed by atoms with E-state index in [9.17, 15) is 13.5 Å². The van der Waals surface area contributed by atoms with Crippen LogP contribution in [0.15, 0.2) is 29.2 Å². The van der Waals surface area contributed by atoms with E-state index in [0.717, 1.165) is 25.7 Å². The third-order valence-electron chi connectivity index (χ3n) is 3.88. The number of rotatable bonds is 4. The van der Waals surface area contributed by atoms with Gasteiger partial charge in [0.05, 0.1) is 11.0 Å². The zero-order valence-electron chi connectivity index (χ0n) is 11.5. The highest BCUT2D eigenvalue weighted by atomic mass is 35.5. The van der Waals surface area contributed by atoms with Gasteiger partial charge in [-0.25, -0.2) is 12.7 Å². The van der Waals surface area contributed by atoms with E-state index in [4.69, 9.17) is 11.6 Å². The zero-order valence-corrected chi connectivity index (χ0v) is 13.1. The number of hydrogen-bond acceptors (Lipinski definition) is 3. The lowest BCUT2D eigenvalue weighted by Crippen LogP contribution is -2.38. The highest BCUT2D eigenvalue weighted by molar-refractivity contribution is 7.89. The Morgan fingerprint density at radius 2 is 1.85 bits per heavy atom. The molecular weight excluding hydrogens is 298 g/mol. The van der Waals surface area contributed by atoms with Crippen LogP contribution in [0.4, 0.5) is 0 Å². The largest absolute Gasteiger partial charge is 0.393 e. The molecule has 1 aromatic rings. The van der Waals surface area contributed by atoms with Crippen LogP contribution in [0.3, 0.4) is 0 Å². The first-order valence-corrected chi connectivity index (χ1v) is 8.63. The Kier molecular flexibility index (Phi) is 5.07. The van der Waals surface area contributed by atoms with Gasteiger partial charge in [0.1, 0.15) is 0 Å². The normalized spacial score (nSPS) is 24.0. The van der Waals surface area contributed by atoms with Crippen LogP contribution >= 0.6 is 11.6 Å². The standard InChI is InChI=1S/C14H20ClNO3S/c1-16(10-11-4-2-3-5-14(11)17)20(18,19)13-8-6-12(15)7-9-13/h6-9,11,14,17H,2-5,10H2,1H3. The molecule has 112 valence electrons. The second-order valence-electron chi connectivity index (χ2n) is 5.35. The molecule has 0 aliphatic heterocycles. The minimum Gasteiger partial charge on any atom is -0.393 e. The van der Waals surface area contributed by atoms with Crippen LogP contribution < -0.4 is 0 Å². The van der Waals surface area contributed by atoms with Gasteiger partial charge in [-0.05, 0) is 43.0 Å². The molecule has 0 amide bonds. The van der Waals surface area contributed by atoms with Gasteiger partial charge in [0.15, 0.2) is 0 Å². The monoisotopic (exact) mass is 317 g/mol. The summed E-state index contributed by atoms with van der Waals surface area (Å²) in [5.74, 6) is 0.0239. The third-order valence-corrected chi connectivity index (χ3v) is 5.97. The average Bonchev–Trinajstić information content (AvgIpc) is 2.41. The summed E-state index contributed by atoms with van der Waals surface area (Å²) in [6, 6.07) is 6.15. The molecule has 1 aliphatic rings. The topological polar surface area (TPSA) is 57.6 Å². The maximum absolute atomic E-state index is 12.4. The minimum absolute atomic E-state index is 0.0239. The number of aliphatic hydroxyl groups is 1. The molecular formula is C14H20ClNO3S. The predicted octanol–water partition coefficient (Wildman–Crippen LogP) is 2.51. The van der Waals surface area contributed by atoms with Gasteiger partial charge in [0, 0.05) is 18.6 Å². The highest BCUT2D eigenvalue weighted by Crippen LogP contribution is 2.26. The van der Waals surface area contributed by atoms with Crippen LogP contribution in [-0.4, -0.2) is 37.5 Å². The molecule has 1 saturated carbocycles. The first-order valence-electron chi connectivity index (χ1n) is 6.81. The van der Waals surface area contributed by atoms with Gasteiger partial charge < -0.3 is 5.11 Å². The van der Waals surface area contributed by atoms with Crippen LogP contribution in [0, 0.1) is 5.92 Å². The molecule has 0 radical (unpaired) electrons. The Morgan fingerprint density at radius 3 is 2.45 bits per heavy atom. The van der Waals surface area contributed by atoms with Crippen molar-refractivity contribution in [2.24, 2.45) is 5.92 Å². The fourth-order valence-electron chi connectivity index (χ4n) is 2.62. The lowest BCUT2D eigenvalue weighted by molar-refractivity contribution is 0.0620. The molecule has 4 nitrogen and oxygen atoms in total. The quantitative estimate of drug-likeness (QED) is 0.928. The number of nitrogens with zero attached hydrogens (tertiary/aromatic N) is 1. The summed E-state index contributed by atoms with van der Waals surface area (Å²) in [5.41, 5.74) is 0. The van der Waals surface area contributed by atoms with Crippen LogP contribution in [0.5, 0.6) is 0 Å². The lowest BCUT2D eigenvalue weighted by atomic mass is 9.86. The van der Waals surface area contributed by atoms with E-state index in [0.29, 0.717) is 11.6 Å².